The highest BCUT2D eigenvalue weighted by atomic mass is 79.9. The second-order valence-corrected chi connectivity index (χ2v) is 5.24. The fourth-order valence-electron chi connectivity index (χ4n) is 0.897. The van der Waals surface area contributed by atoms with Crippen molar-refractivity contribution >= 4 is 26.0 Å². The molecule has 0 aromatic carbocycles. The van der Waals surface area contributed by atoms with E-state index in [0.29, 0.717) is 6.54 Å². The Hall–Kier alpha value is -0.400. The first-order chi connectivity index (χ1) is 6.67. The van der Waals surface area contributed by atoms with Crippen LogP contribution in [0.4, 0.5) is 0 Å². The van der Waals surface area contributed by atoms with E-state index in [4.69, 9.17) is 0 Å². The lowest BCUT2D eigenvalue weighted by molar-refractivity contribution is 0.574. The Balaban J connectivity index is 2.44. The molecule has 0 radical (unpaired) electrons. The van der Waals surface area contributed by atoms with Crippen LogP contribution in [0.3, 0.4) is 0 Å². The molecule has 5 nitrogen and oxygen atoms in total. The number of unbranched alkanes of at least 4 members (excludes halogenated alkanes) is 1. The second-order valence-electron chi connectivity index (χ2n) is 2.71. The number of nitrogens with one attached hydrogen (secondary N) is 2. The average Bonchev–Trinajstić information content (AvgIpc) is 2.65. The molecule has 80 valence electrons. The highest BCUT2D eigenvalue weighted by Crippen LogP contribution is 2.02. The molecule has 0 aliphatic rings. The fraction of sp³-hybridized carbons (Fsp3) is 0.571. The third-order valence-corrected chi connectivity index (χ3v) is 3.57. The molecule has 1 heterocycles. The molecule has 1 rings (SSSR count). The summed E-state index contributed by atoms with van der Waals surface area (Å²) in [5.41, 5.74) is 0. The van der Waals surface area contributed by atoms with Crippen LogP contribution in [0.25, 0.3) is 0 Å². The van der Waals surface area contributed by atoms with E-state index in [1.54, 1.807) is 0 Å². The van der Waals surface area contributed by atoms with E-state index in [-0.39, 0.29) is 5.03 Å². The maximum atomic E-state index is 11.5. The van der Waals surface area contributed by atoms with Crippen molar-refractivity contribution in [2.45, 2.75) is 17.9 Å². The molecule has 0 bridgehead atoms. The molecule has 0 saturated carbocycles. The predicted molar refractivity (Wildman–Crippen MR) is 56.8 cm³/mol. The molecular weight excluding hydrogens is 270 g/mol. The van der Waals surface area contributed by atoms with Gasteiger partial charge in [-0.15, -0.1) is 0 Å². The van der Waals surface area contributed by atoms with Crippen molar-refractivity contribution in [3.05, 3.63) is 12.3 Å². The highest BCUT2D eigenvalue weighted by molar-refractivity contribution is 9.09. The van der Waals surface area contributed by atoms with Crippen LogP contribution in [0.2, 0.25) is 0 Å². The molecule has 0 amide bonds. The van der Waals surface area contributed by atoms with Gasteiger partial charge in [-0.05, 0) is 18.9 Å². The number of halogens is 1. The summed E-state index contributed by atoms with van der Waals surface area (Å²) >= 11 is 3.28. The second kappa shape index (κ2) is 5.47. The van der Waals surface area contributed by atoms with Crippen molar-refractivity contribution in [3.63, 3.8) is 0 Å². The first kappa shape index (κ1) is 11.7. The zero-order chi connectivity index (χ0) is 10.4. The van der Waals surface area contributed by atoms with Crippen molar-refractivity contribution in [2.24, 2.45) is 0 Å². The van der Waals surface area contributed by atoms with Gasteiger partial charge in [0, 0.05) is 11.9 Å². The van der Waals surface area contributed by atoms with Gasteiger partial charge in [0.25, 0.3) is 10.0 Å². The van der Waals surface area contributed by atoms with E-state index in [0.717, 1.165) is 18.2 Å². The minimum absolute atomic E-state index is 0.108. The number of sulfonamides is 1. The summed E-state index contributed by atoms with van der Waals surface area (Å²) < 4.78 is 25.4. The number of alkyl halides is 1. The Bertz CT molecular complexity index is 349. The topological polar surface area (TPSA) is 74.8 Å². The number of hydrogen-bond donors (Lipinski definition) is 2. The number of aromatic nitrogens is 2. The predicted octanol–water partition coefficient (Wildman–Crippen LogP) is 0.863. The molecule has 0 aliphatic carbocycles. The van der Waals surface area contributed by atoms with Gasteiger partial charge in [-0.3, -0.25) is 5.10 Å². The van der Waals surface area contributed by atoms with E-state index in [9.17, 15) is 8.42 Å². The molecule has 7 heteroatoms. The molecule has 1 aromatic rings. The average molecular weight is 282 g/mol. The van der Waals surface area contributed by atoms with Gasteiger partial charge < -0.3 is 0 Å². The van der Waals surface area contributed by atoms with E-state index in [2.05, 4.69) is 30.8 Å². The molecule has 0 saturated heterocycles. The summed E-state index contributed by atoms with van der Waals surface area (Å²) in [6.07, 6.45) is 3.18. The van der Waals surface area contributed by atoms with Crippen LogP contribution >= 0.6 is 15.9 Å². The Kier molecular flexibility index (Phi) is 4.56. The summed E-state index contributed by atoms with van der Waals surface area (Å²) in [6, 6.07) is 1.42. The van der Waals surface area contributed by atoms with Crippen LogP contribution in [0, 0.1) is 0 Å². The lowest BCUT2D eigenvalue weighted by Gasteiger charge is -2.02. The minimum atomic E-state index is -3.38. The van der Waals surface area contributed by atoms with Gasteiger partial charge in [0.15, 0.2) is 5.03 Å². The summed E-state index contributed by atoms with van der Waals surface area (Å²) in [7, 11) is -3.38. The van der Waals surface area contributed by atoms with Gasteiger partial charge in [-0.25, -0.2) is 13.1 Å². The molecule has 1 aromatic heterocycles. The Labute approximate surface area is 91.5 Å². The Morgan fingerprint density at radius 3 is 2.86 bits per heavy atom. The van der Waals surface area contributed by atoms with Crippen molar-refractivity contribution in [3.8, 4) is 0 Å². The molecule has 2 N–H and O–H groups in total. The van der Waals surface area contributed by atoms with E-state index >= 15 is 0 Å². The molecular formula is C7H12BrN3O2S. The van der Waals surface area contributed by atoms with Gasteiger partial charge >= 0.3 is 0 Å². The number of nitrogens with zero attached hydrogens (tertiary/aromatic N) is 1. The van der Waals surface area contributed by atoms with Gasteiger partial charge in [-0.1, -0.05) is 15.9 Å². The first-order valence-corrected chi connectivity index (χ1v) is 6.82. The zero-order valence-electron chi connectivity index (χ0n) is 7.53. The third kappa shape index (κ3) is 3.39. The zero-order valence-corrected chi connectivity index (χ0v) is 9.94. The largest absolute Gasteiger partial charge is 0.266 e. The molecule has 0 unspecified atom stereocenters. The van der Waals surface area contributed by atoms with Crippen molar-refractivity contribution < 1.29 is 8.42 Å². The monoisotopic (exact) mass is 281 g/mol. The van der Waals surface area contributed by atoms with Crippen molar-refractivity contribution in [2.75, 3.05) is 11.9 Å². The lowest BCUT2D eigenvalue weighted by atomic mass is 10.3. The molecule has 14 heavy (non-hydrogen) atoms. The van der Waals surface area contributed by atoms with Gasteiger partial charge in [0.05, 0.1) is 6.20 Å². The molecule has 0 spiro atoms. The maximum Gasteiger partial charge on any atom is 0.257 e. The number of aromatic amines is 1. The maximum absolute atomic E-state index is 11.5. The minimum Gasteiger partial charge on any atom is -0.266 e. The van der Waals surface area contributed by atoms with Crippen molar-refractivity contribution in [1.82, 2.24) is 14.9 Å². The van der Waals surface area contributed by atoms with E-state index in [1.165, 1.54) is 12.3 Å². The number of rotatable bonds is 6. The SMILES string of the molecule is O=S(=O)(NCCCCBr)c1ccn[nH]1. The standard InChI is InChI=1S/C7H12BrN3O2S/c8-4-1-2-5-10-14(12,13)7-3-6-9-11-7/h3,6,10H,1-2,4-5H2,(H,9,11). The Morgan fingerprint density at radius 1 is 1.50 bits per heavy atom. The molecule has 0 aliphatic heterocycles. The lowest BCUT2D eigenvalue weighted by Crippen LogP contribution is -2.25. The van der Waals surface area contributed by atoms with Crippen LogP contribution in [-0.4, -0.2) is 30.5 Å². The number of H-pyrrole nitrogens is 1. The first-order valence-electron chi connectivity index (χ1n) is 4.22. The smallest absolute Gasteiger partial charge is 0.257 e. The summed E-state index contributed by atoms with van der Waals surface area (Å²) in [4.78, 5) is 0. The van der Waals surface area contributed by atoms with Crippen LogP contribution < -0.4 is 4.72 Å². The Morgan fingerprint density at radius 2 is 2.29 bits per heavy atom. The van der Waals surface area contributed by atoms with Crippen LogP contribution in [-0.2, 0) is 10.0 Å². The van der Waals surface area contributed by atoms with Gasteiger partial charge in [0.2, 0.25) is 0 Å². The highest BCUT2D eigenvalue weighted by Gasteiger charge is 2.13. The van der Waals surface area contributed by atoms with Crippen LogP contribution in [0.1, 0.15) is 12.8 Å². The number of hydrogen-bond acceptors (Lipinski definition) is 3. The summed E-state index contributed by atoms with van der Waals surface area (Å²) in [5.74, 6) is 0. The quantitative estimate of drug-likeness (QED) is 0.600. The van der Waals surface area contributed by atoms with E-state index < -0.39 is 10.0 Å². The van der Waals surface area contributed by atoms with Crippen LogP contribution in [0.15, 0.2) is 17.3 Å². The van der Waals surface area contributed by atoms with Gasteiger partial charge in [0.1, 0.15) is 0 Å². The normalized spacial score (nSPS) is 11.8. The van der Waals surface area contributed by atoms with Crippen LogP contribution in [0.5, 0.6) is 0 Å². The van der Waals surface area contributed by atoms with Gasteiger partial charge in [-0.2, -0.15) is 5.10 Å². The third-order valence-electron chi connectivity index (χ3n) is 1.62. The molecule has 0 atom stereocenters. The van der Waals surface area contributed by atoms with E-state index in [1.807, 2.05) is 0 Å². The fourth-order valence-corrected chi connectivity index (χ4v) is 2.27. The van der Waals surface area contributed by atoms with Crippen molar-refractivity contribution in [1.29, 1.82) is 0 Å². The molecule has 0 fully saturated rings. The summed E-state index contributed by atoms with van der Waals surface area (Å²) in [5, 5.41) is 6.99. The summed E-state index contributed by atoms with van der Waals surface area (Å²) in [6.45, 7) is 0.451.